The van der Waals surface area contributed by atoms with Crippen molar-refractivity contribution in [2.24, 2.45) is 0 Å². The summed E-state index contributed by atoms with van der Waals surface area (Å²) in [7, 11) is 0. The fraction of sp³-hybridized carbons (Fsp3) is 0.316. The van der Waals surface area contributed by atoms with Gasteiger partial charge in [-0.25, -0.2) is 0 Å². The van der Waals surface area contributed by atoms with Gasteiger partial charge in [-0.05, 0) is 36.8 Å². The van der Waals surface area contributed by atoms with E-state index in [9.17, 15) is 18.0 Å². The standard InChI is InChI=1S/C19H20F3NO4/c1-13-2-4-14(5-3-13)17(26-11-10-24)12-23-18(25)15-6-8-16(9-7-15)27-19(20,21)22/h2-9,17,24H,10-12H2,1H3,(H,23,25)/t17-/m0/s1. The van der Waals surface area contributed by atoms with Crippen LogP contribution in [0.4, 0.5) is 13.2 Å². The van der Waals surface area contributed by atoms with Crippen LogP contribution in [0, 0.1) is 6.92 Å². The van der Waals surface area contributed by atoms with E-state index in [1.807, 2.05) is 31.2 Å². The van der Waals surface area contributed by atoms with Crippen molar-refractivity contribution in [2.75, 3.05) is 19.8 Å². The van der Waals surface area contributed by atoms with Gasteiger partial charge in [-0.3, -0.25) is 4.79 Å². The van der Waals surface area contributed by atoms with Crippen LogP contribution in [0.3, 0.4) is 0 Å². The minimum Gasteiger partial charge on any atom is -0.406 e. The molecule has 2 aromatic carbocycles. The molecular formula is C19H20F3NO4. The van der Waals surface area contributed by atoms with E-state index in [-0.39, 0.29) is 25.3 Å². The lowest BCUT2D eigenvalue weighted by Gasteiger charge is -2.19. The maximum absolute atomic E-state index is 12.2. The third-order valence-electron chi connectivity index (χ3n) is 3.66. The third kappa shape index (κ3) is 6.92. The normalized spacial score (nSPS) is 12.5. The maximum atomic E-state index is 12.2. The fourth-order valence-corrected chi connectivity index (χ4v) is 2.34. The molecule has 2 aromatic rings. The molecule has 0 saturated carbocycles. The van der Waals surface area contributed by atoms with Crippen LogP contribution in [-0.4, -0.2) is 37.1 Å². The van der Waals surface area contributed by atoms with Crippen molar-refractivity contribution in [3.05, 3.63) is 65.2 Å². The predicted octanol–water partition coefficient (Wildman–Crippen LogP) is 3.37. The Morgan fingerprint density at radius 2 is 1.74 bits per heavy atom. The lowest BCUT2D eigenvalue weighted by Crippen LogP contribution is -2.30. The smallest absolute Gasteiger partial charge is 0.406 e. The number of rotatable bonds is 8. The lowest BCUT2D eigenvalue weighted by molar-refractivity contribution is -0.274. The molecule has 0 spiro atoms. The van der Waals surface area contributed by atoms with Crippen molar-refractivity contribution >= 4 is 5.91 Å². The zero-order chi connectivity index (χ0) is 19.9. The number of aryl methyl sites for hydroxylation is 1. The molecule has 0 radical (unpaired) electrons. The highest BCUT2D eigenvalue weighted by atomic mass is 19.4. The first-order chi connectivity index (χ1) is 12.8. The zero-order valence-electron chi connectivity index (χ0n) is 14.6. The monoisotopic (exact) mass is 383 g/mol. The van der Waals surface area contributed by atoms with E-state index in [2.05, 4.69) is 10.1 Å². The van der Waals surface area contributed by atoms with Crippen LogP contribution in [0.25, 0.3) is 0 Å². The van der Waals surface area contributed by atoms with Crippen molar-refractivity contribution < 1.29 is 32.5 Å². The Balaban J connectivity index is 1.99. The molecule has 2 rings (SSSR count). The number of aliphatic hydroxyl groups excluding tert-OH is 1. The summed E-state index contributed by atoms with van der Waals surface area (Å²) in [5, 5.41) is 11.6. The second-order valence-electron chi connectivity index (χ2n) is 5.78. The molecule has 0 saturated heterocycles. The van der Waals surface area contributed by atoms with Gasteiger partial charge < -0.3 is 19.9 Å². The number of hydrogen-bond donors (Lipinski definition) is 2. The minimum atomic E-state index is -4.78. The summed E-state index contributed by atoms with van der Waals surface area (Å²) in [4.78, 5) is 12.2. The number of ether oxygens (including phenoxy) is 2. The van der Waals surface area contributed by atoms with E-state index >= 15 is 0 Å². The first kappa shape index (κ1) is 20.7. The molecule has 0 aliphatic rings. The van der Waals surface area contributed by atoms with E-state index in [4.69, 9.17) is 9.84 Å². The molecule has 0 unspecified atom stereocenters. The molecular weight excluding hydrogens is 363 g/mol. The Labute approximate surface area is 154 Å². The van der Waals surface area contributed by atoms with Crippen molar-refractivity contribution in [1.82, 2.24) is 5.32 Å². The van der Waals surface area contributed by atoms with Gasteiger partial charge in [-0.1, -0.05) is 29.8 Å². The predicted molar refractivity (Wildman–Crippen MR) is 92.4 cm³/mol. The van der Waals surface area contributed by atoms with Crippen LogP contribution >= 0.6 is 0 Å². The minimum absolute atomic E-state index is 0.109. The van der Waals surface area contributed by atoms with Gasteiger partial charge >= 0.3 is 6.36 Å². The Morgan fingerprint density at radius 1 is 1.11 bits per heavy atom. The summed E-state index contributed by atoms with van der Waals surface area (Å²) < 4.78 is 45.8. The number of benzene rings is 2. The number of halogens is 3. The molecule has 146 valence electrons. The molecule has 2 N–H and O–H groups in total. The van der Waals surface area contributed by atoms with E-state index in [1.165, 1.54) is 12.1 Å². The number of hydrogen-bond acceptors (Lipinski definition) is 4. The van der Waals surface area contributed by atoms with E-state index in [0.717, 1.165) is 23.3 Å². The lowest BCUT2D eigenvalue weighted by atomic mass is 10.1. The molecule has 8 heteroatoms. The molecule has 0 fully saturated rings. The van der Waals surface area contributed by atoms with Crippen molar-refractivity contribution in [3.8, 4) is 5.75 Å². The highest BCUT2D eigenvalue weighted by molar-refractivity contribution is 5.94. The van der Waals surface area contributed by atoms with Gasteiger partial charge in [0.05, 0.1) is 19.3 Å². The summed E-state index contributed by atoms with van der Waals surface area (Å²) in [5.41, 5.74) is 2.10. The Hall–Kier alpha value is -2.58. The molecule has 0 bridgehead atoms. The number of amides is 1. The first-order valence-electron chi connectivity index (χ1n) is 8.21. The van der Waals surface area contributed by atoms with Gasteiger partial charge in [0.1, 0.15) is 5.75 Å². The summed E-state index contributed by atoms with van der Waals surface area (Å²) in [5.74, 6) is -0.860. The molecule has 1 atom stereocenters. The summed E-state index contributed by atoms with van der Waals surface area (Å²) in [6.45, 7) is 2.04. The average Bonchev–Trinajstić information content (AvgIpc) is 2.62. The van der Waals surface area contributed by atoms with Crippen LogP contribution in [0.5, 0.6) is 5.75 Å². The zero-order valence-corrected chi connectivity index (χ0v) is 14.6. The summed E-state index contributed by atoms with van der Waals surface area (Å²) in [6.07, 6.45) is -5.25. The number of nitrogens with one attached hydrogen (secondary N) is 1. The van der Waals surface area contributed by atoms with Gasteiger partial charge in [0.25, 0.3) is 5.91 Å². The molecule has 27 heavy (non-hydrogen) atoms. The van der Waals surface area contributed by atoms with Crippen LogP contribution in [0.2, 0.25) is 0 Å². The molecule has 0 heterocycles. The van der Waals surface area contributed by atoms with Crippen LogP contribution in [-0.2, 0) is 4.74 Å². The van der Waals surface area contributed by atoms with Crippen LogP contribution < -0.4 is 10.1 Å². The van der Waals surface area contributed by atoms with Gasteiger partial charge in [0, 0.05) is 12.1 Å². The van der Waals surface area contributed by atoms with Gasteiger partial charge in [-0.2, -0.15) is 0 Å². The quantitative estimate of drug-likeness (QED) is 0.734. The molecule has 0 aliphatic carbocycles. The number of aliphatic hydroxyl groups is 1. The van der Waals surface area contributed by atoms with Crippen molar-refractivity contribution in [2.45, 2.75) is 19.4 Å². The summed E-state index contributed by atoms with van der Waals surface area (Å²) >= 11 is 0. The Bertz CT molecular complexity index is 730. The Kier molecular flexibility index (Phi) is 7.20. The van der Waals surface area contributed by atoms with Crippen molar-refractivity contribution in [3.63, 3.8) is 0 Å². The third-order valence-corrected chi connectivity index (χ3v) is 3.66. The largest absolute Gasteiger partial charge is 0.573 e. The fourth-order valence-electron chi connectivity index (χ4n) is 2.34. The molecule has 5 nitrogen and oxygen atoms in total. The SMILES string of the molecule is Cc1ccc([C@H](CNC(=O)c2ccc(OC(F)(F)F)cc2)OCCO)cc1. The topological polar surface area (TPSA) is 67.8 Å². The van der Waals surface area contributed by atoms with Gasteiger partial charge in [0.15, 0.2) is 0 Å². The van der Waals surface area contributed by atoms with E-state index < -0.39 is 24.1 Å². The van der Waals surface area contributed by atoms with Gasteiger partial charge in [0.2, 0.25) is 0 Å². The molecule has 1 amide bonds. The second-order valence-corrected chi connectivity index (χ2v) is 5.78. The van der Waals surface area contributed by atoms with Crippen LogP contribution in [0.15, 0.2) is 48.5 Å². The molecule has 0 aliphatic heterocycles. The van der Waals surface area contributed by atoms with Crippen molar-refractivity contribution in [1.29, 1.82) is 0 Å². The molecule has 0 aromatic heterocycles. The van der Waals surface area contributed by atoms with E-state index in [0.29, 0.717) is 0 Å². The average molecular weight is 383 g/mol. The number of alkyl halides is 3. The van der Waals surface area contributed by atoms with Gasteiger partial charge in [-0.15, -0.1) is 13.2 Å². The van der Waals surface area contributed by atoms with E-state index in [1.54, 1.807) is 0 Å². The number of carbonyl (C=O) groups is 1. The summed E-state index contributed by atoms with van der Waals surface area (Å²) in [6, 6.07) is 12.2. The highest BCUT2D eigenvalue weighted by Gasteiger charge is 2.31. The van der Waals surface area contributed by atoms with Crippen LogP contribution in [0.1, 0.15) is 27.6 Å². The maximum Gasteiger partial charge on any atom is 0.573 e. The highest BCUT2D eigenvalue weighted by Crippen LogP contribution is 2.23. The Morgan fingerprint density at radius 3 is 2.30 bits per heavy atom. The first-order valence-corrected chi connectivity index (χ1v) is 8.21. The second kappa shape index (κ2) is 9.38. The number of carbonyl (C=O) groups excluding carboxylic acids is 1.